The van der Waals surface area contributed by atoms with Crippen molar-refractivity contribution in [2.45, 2.75) is 17.2 Å². The van der Waals surface area contributed by atoms with Gasteiger partial charge >= 0.3 is 0 Å². The van der Waals surface area contributed by atoms with Gasteiger partial charge in [0.25, 0.3) is 0 Å². The Bertz CT molecular complexity index is 878. The predicted molar refractivity (Wildman–Crippen MR) is 126 cm³/mol. The van der Waals surface area contributed by atoms with Gasteiger partial charge in [0.2, 0.25) is 0 Å². The fraction of sp³-hybridized carbons (Fsp3) is 0.316. The second-order valence-electron chi connectivity index (χ2n) is 5.83. The molecule has 2 N–H and O–H groups in total. The van der Waals surface area contributed by atoms with Gasteiger partial charge in [0.1, 0.15) is 5.82 Å². The lowest BCUT2D eigenvalue weighted by atomic mass is 10.1. The number of sulfone groups is 1. The topological polar surface area (TPSA) is 70.6 Å². The van der Waals surface area contributed by atoms with Gasteiger partial charge < -0.3 is 10.6 Å². The van der Waals surface area contributed by atoms with E-state index in [1.165, 1.54) is 12.1 Å². The van der Waals surface area contributed by atoms with E-state index in [1.807, 2.05) is 6.26 Å². The summed E-state index contributed by atoms with van der Waals surface area (Å²) in [6.45, 7) is 0.708. The highest BCUT2D eigenvalue weighted by Crippen LogP contribution is 2.16. The summed E-state index contributed by atoms with van der Waals surface area (Å²) in [5, 5.41) is 6.15. The Balaban J connectivity index is 0.00000392. The third-order valence-corrected chi connectivity index (χ3v) is 6.24. The molecule has 0 atom stereocenters. The van der Waals surface area contributed by atoms with Crippen LogP contribution in [0.3, 0.4) is 0 Å². The Morgan fingerprint density at radius 2 is 1.82 bits per heavy atom. The Labute approximate surface area is 187 Å². The van der Waals surface area contributed by atoms with E-state index in [1.54, 1.807) is 55.2 Å². The summed E-state index contributed by atoms with van der Waals surface area (Å²) in [4.78, 5) is 4.42. The summed E-state index contributed by atoms with van der Waals surface area (Å²) < 4.78 is 38.0. The number of nitrogens with zero attached hydrogens (tertiary/aromatic N) is 1. The molecule has 2 aromatic carbocycles. The van der Waals surface area contributed by atoms with Crippen molar-refractivity contribution >= 4 is 51.5 Å². The third kappa shape index (κ3) is 7.59. The van der Waals surface area contributed by atoms with Crippen LogP contribution in [0.4, 0.5) is 4.39 Å². The minimum absolute atomic E-state index is 0. The first kappa shape index (κ1) is 24.7. The molecule has 0 spiro atoms. The smallest absolute Gasteiger partial charge is 0.191 e. The van der Waals surface area contributed by atoms with Crippen molar-refractivity contribution in [3.8, 4) is 0 Å². The summed E-state index contributed by atoms with van der Waals surface area (Å²) in [7, 11) is -1.72. The molecule has 0 bridgehead atoms. The van der Waals surface area contributed by atoms with E-state index in [-0.39, 0.29) is 42.1 Å². The average molecular weight is 537 g/mol. The SMILES string of the molecule is CN=C(NCCS(=O)(=O)c1ccccc1)NCc1ccc(F)cc1CSC.I. The zero-order valence-corrected chi connectivity index (χ0v) is 19.8. The van der Waals surface area contributed by atoms with Crippen LogP contribution in [-0.2, 0) is 22.1 Å². The molecule has 0 aliphatic carbocycles. The molecule has 0 aliphatic heterocycles. The first-order valence-corrected chi connectivity index (χ1v) is 11.5. The van der Waals surface area contributed by atoms with Gasteiger partial charge in [0, 0.05) is 25.9 Å². The van der Waals surface area contributed by atoms with Gasteiger partial charge in [-0.1, -0.05) is 24.3 Å². The van der Waals surface area contributed by atoms with Crippen LogP contribution >= 0.6 is 35.7 Å². The number of nitrogens with one attached hydrogen (secondary N) is 2. The molecule has 0 heterocycles. The lowest BCUT2D eigenvalue weighted by Crippen LogP contribution is -2.39. The second kappa shape index (κ2) is 12.3. The highest BCUT2D eigenvalue weighted by atomic mass is 127. The summed E-state index contributed by atoms with van der Waals surface area (Å²) in [6.07, 6.45) is 1.97. The van der Waals surface area contributed by atoms with E-state index in [4.69, 9.17) is 0 Å². The summed E-state index contributed by atoms with van der Waals surface area (Å²) >= 11 is 1.63. The summed E-state index contributed by atoms with van der Waals surface area (Å²) in [5.41, 5.74) is 1.91. The molecule has 0 fully saturated rings. The summed E-state index contributed by atoms with van der Waals surface area (Å²) in [5.74, 6) is 0.927. The molecule has 154 valence electrons. The lowest BCUT2D eigenvalue weighted by molar-refractivity contribution is 0.594. The number of halogens is 2. The predicted octanol–water partition coefficient (Wildman–Crippen LogP) is 3.45. The maximum atomic E-state index is 13.4. The minimum Gasteiger partial charge on any atom is -0.355 e. The molecule has 0 aliphatic rings. The van der Waals surface area contributed by atoms with E-state index in [9.17, 15) is 12.8 Å². The van der Waals surface area contributed by atoms with Crippen LogP contribution in [0.25, 0.3) is 0 Å². The van der Waals surface area contributed by atoms with Crippen LogP contribution in [0.2, 0.25) is 0 Å². The van der Waals surface area contributed by atoms with Crippen LogP contribution < -0.4 is 10.6 Å². The van der Waals surface area contributed by atoms with Crippen LogP contribution in [0, 0.1) is 5.82 Å². The maximum absolute atomic E-state index is 13.4. The fourth-order valence-electron chi connectivity index (χ4n) is 2.51. The zero-order valence-electron chi connectivity index (χ0n) is 15.8. The van der Waals surface area contributed by atoms with Gasteiger partial charge in [-0.2, -0.15) is 11.8 Å². The Hall–Kier alpha value is -1.33. The van der Waals surface area contributed by atoms with E-state index >= 15 is 0 Å². The molecule has 2 rings (SSSR count). The number of hydrogen-bond donors (Lipinski definition) is 2. The molecule has 0 amide bonds. The van der Waals surface area contributed by atoms with Crippen molar-refractivity contribution < 1.29 is 12.8 Å². The van der Waals surface area contributed by atoms with Crippen molar-refractivity contribution in [2.24, 2.45) is 4.99 Å². The molecule has 0 unspecified atom stereocenters. The normalized spacial score (nSPS) is 11.6. The molecule has 28 heavy (non-hydrogen) atoms. The van der Waals surface area contributed by atoms with Gasteiger partial charge in [-0.25, -0.2) is 12.8 Å². The summed E-state index contributed by atoms with van der Waals surface area (Å²) in [6, 6.07) is 13.1. The Morgan fingerprint density at radius 3 is 2.46 bits per heavy atom. The molecule has 0 saturated heterocycles. The molecular weight excluding hydrogens is 512 g/mol. The fourth-order valence-corrected chi connectivity index (χ4v) is 4.26. The lowest BCUT2D eigenvalue weighted by Gasteiger charge is -2.14. The number of guanidine groups is 1. The van der Waals surface area contributed by atoms with Crippen molar-refractivity contribution in [3.63, 3.8) is 0 Å². The molecule has 9 heteroatoms. The van der Waals surface area contributed by atoms with E-state index < -0.39 is 9.84 Å². The van der Waals surface area contributed by atoms with Gasteiger partial charge in [-0.05, 0) is 41.6 Å². The zero-order chi connectivity index (χ0) is 19.7. The minimum atomic E-state index is -3.34. The van der Waals surface area contributed by atoms with E-state index in [2.05, 4.69) is 15.6 Å². The Kier molecular flexibility index (Phi) is 10.8. The monoisotopic (exact) mass is 537 g/mol. The standard InChI is InChI=1S/C19H24FN3O2S2.HI/c1-21-19(22-10-11-27(24,25)18-6-4-3-5-7-18)23-13-15-8-9-17(20)12-16(15)14-26-2;/h3-9,12H,10-11,13-14H2,1-2H3,(H2,21,22,23);1H. The highest BCUT2D eigenvalue weighted by molar-refractivity contribution is 14.0. The van der Waals surface area contributed by atoms with Gasteiger partial charge in [-0.15, -0.1) is 24.0 Å². The van der Waals surface area contributed by atoms with Crippen molar-refractivity contribution in [3.05, 3.63) is 65.5 Å². The van der Waals surface area contributed by atoms with E-state index in [0.717, 1.165) is 16.9 Å². The van der Waals surface area contributed by atoms with Crippen LogP contribution in [0.15, 0.2) is 58.4 Å². The largest absolute Gasteiger partial charge is 0.355 e. The van der Waals surface area contributed by atoms with Crippen molar-refractivity contribution in [1.29, 1.82) is 0 Å². The van der Waals surface area contributed by atoms with Crippen LogP contribution in [-0.4, -0.2) is 40.0 Å². The van der Waals surface area contributed by atoms with Crippen molar-refractivity contribution in [1.82, 2.24) is 10.6 Å². The Morgan fingerprint density at radius 1 is 1.11 bits per heavy atom. The van der Waals surface area contributed by atoms with Gasteiger partial charge in [-0.3, -0.25) is 4.99 Å². The van der Waals surface area contributed by atoms with Gasteiger partial charge in [0.15, 0.2) is 15.8 Å². The highest BCUT2D eigenvalue weighted by Gasteiger charge is 2.13. The number of hydrogen-bond acceptors (Lipinski definition) is 4. The number of benzene rings is 2. The first-order chi connectivity index (χ1) is 13.0. The molecule has 2 aromatic rings. The molecule has 5 nitrogen and oxygen atoms in total. The van der Waals surface area contributed by atoms with Crippen LogP contribution in [0.1, 0.15) is 11.1 Å². The maximum Gasteiger partial charge on any atom is 0.191 e. The number of thioether (sulfide) groups is 1. The van der Waals surface area contributed by atoms with E-state index in [0.29, 0.717) is 17.4 Å². The quantitative estimate of drug-likeness (QED) is 0.307. The molecule has 0 saturated carbocycles. The number of aliphatic imine (C=N–C) groups is 1. The average Bonchev–Trinajstić information content (AvgIpc) is 2.66. The van der Waals surface area contributed by atoms with Crippen LogP contribution in [0.5, 0.6) is 0 Å². The molecule has 0 radical (unpaired) electrons. The number of rotatable bonds is 8. The first-order valence-electron chi connectivity index (χ1n) is 8.45. The third-order valence-electron chi connectivity index (χ3n) is 3.90. The second-order valence-corrected chi connectivity index (χ2v) is 8.81. The van der Waals surface area contributed by atoms with Gasteiger partial charge in [0.05, 0.1) is 10.6 Å². The molecular formula is C19H25FIN3O2S2. The molecule has 0 aromatic heterocycles. The van der Waals surface area contributed by atoms with Crippen molar-refractivity contribution in [2.75, 3.05) is 25.6 Å².